The normalized spacial score (nSPS) is 19.1. The van der Waals surface area contributed by atoms with Crippen LogP contribution in [0.15, 0.2) is 18.2 Å². The molecule has 5 heteroatoms. The average molecular weight is 237 g/mol. The Bertz CT molecular complexity index is 473. The molecular formula is C12H12FNO3. The third-order valence-corrected chi connectivity index (χ3v) is 2.89. The highest BCUT2D eigenvalue weighted by Gasteiger charge is 2.25. The minimum absolute atomic E-state index is 0.0919. The molecule has 90 valence electrons. The molecular weight excluding hydrogens is 225 g/mol. The molecule has 0 fully saturated rings. The summed E-state index contributed by atoms with van der Waals surface area (Å²) in [5.41, 5.74) is 0.694. The maximum absolute atomic E-state index is 13.6. The minimum Gasteiger partial charge on any atom is -0.481 e. The fraction of sp³-hybridized carbons (Fsp3) is 0.333. The smallest absolute Gasteiger partial charge is 0.303 e. The largest absolute Gasteiger partial charge is 0.481 e. The molecule has 4 nitrogen and oxygen atoms in total. The molecule has 0 spiro atoms. The first-order valence-corrected chi connectivity index (χ1v) is 5.38. The van der Waals surface area contributed by atoms with Crippen molar-refractivity contribution in [2.24, 2.45) is 0 Å². The van der Waals surface area contributed by atoms with Gasteiger partial charge in [-0.2, -0.15) is 0 Å². The molecule has 0 aliphatic carbocycles. The number of carbonyl (C=O) groups is 2. The van der Waals surface area contributed by atoms with Gasteiger partial charge in [-0.1, -0.05) is 12.1 Å². The zero-order valence-corrected chi connectivity index (χ0v) is 9.07. The molecule has 0 aromatic heterocycles. The van der Waals surface area contributed by atoms with Gasteiger partial charge >= 0.3 is 5.97 Å². The number of carboxylic acid groups (broad SMARTS) is 1. The Morgan fingerprint density at radius 2 is 2.29 bits per heavy atom. The maximum Gasteiger partial charge on any atom is 0.303 e. The van der Waals surface area contributed by atoms with E-state index in [0.717, 1.165) is 0 Å². The van der Waals surface area contributed by atoms with Gasteiger partial charge < -0.3 is 10.4 Å². The second-order valence-corrected chi connectivity index (χ2v) is 4.09. The van der Waals surface area contributed by atoms with Gasteiger partial charge in [-0.15, -0.1) is 0 Å². The van der Waals surface area contributed by atoms with Crippen molar-refractivity contribution in [2.75, 3.05) is 5.32 Å². The van der Waals surface area contributed by atoms with Crippen molar-refractivity contribution < 1.29 is 19.1 Å². The number of amides is 1. The Labute approximate surface area is 97.4 Å². The summed E-state index contributed by atoms with van der Waals surface area (Å²) in [6.45, 7) is 0. The molecule has 0 saturated heterocycles. The van der Waals surface area contributed by atoms with Crippen LogP contribution < -0.4 is 5.32 Å². The van der Waals surface area contributed by atoms with E-state index in [-0.39, 0.29) is 30.4 Å². The van der Waals surface area contributed by atoms with E-state index in [1.165, 1.54) is 12.1 Å². The van der Waals surface area contributed by atoms with Crippen molar-refractivity contribution in [3.8, 4) is 0 Å². The molecule has 1 aromatic carbocycles. The molecule has 2 rings (SSSR count). The summed E-state index contributed by atoms with van der Waals surface area (Å²) < 4.78 is 13.6. The van der Waals surface area contributed by atoms with E-state index in [0.29, 0.717) is 12.0 Å². The van der Waals surface area contributed by atoms with E-state index in [1.54, 1.807) is 6.07 Å². The minimum atomic E-state index is -0.945. The Morgan fingerprint density at radius 3 is 3.00 bits per heavy atom. The van der Waals surface area contributed by atoms with Crippen LogP contribution >= 0.6 is 0 Å². The van der Waals surface area contributed by atoms with Gasteiger partial charge in [0.15, 0.2) is 0 Å². The fourth-order valence-electron chi connectivity index (χ4n) is 2.10. The predicted molar refractivity (Wildman–Crippen MR) is 59.3 cm³/mol. The lowest BCUT2D eigenvalue weighted by molar-refractivity contribution is -0.137. The highest BCUT2D eigenvalue weighted by molar-refractivity contribution is 5.93. The maximum atomic E-state index is 13.6. The third-order valence-electron chi connectivity index (χ3n) is 2.89. The zero-order valence-electron chi connectivity index (χ0n) is 9.07. The number of nitrogens with one attached hydrogen (secondary N) is 1. The van der Waals surface area contributed by atoms with E-state index < -0.39 is 11.8 Å². The number of halogens is 1. The number of hydrogen-bond acceptors (Lipinski definition) is 2. The summed E-state index contributed by atoms with van der Waals surface area (Å²) in [5.74, 6) is -2.06. The predicted octanol–water partition coefficient (Wildman–Crippen LogP) is 2.12. The lowest BCUT2D eigenvalue weighted by atomic mass is 9.91. The van der Waals surface area contributed by atoms with Crippen molar-refractivity contribution >= 4 is 17.6 Å². The van der Waals surface area contributed by atoms with Crippen LogP contribution in [-0.2, 0) is 9.59 Å². The van der Waals surface area contributed by atoms with Crippen LogP contribution in [-0.4, -0.2) is 17.0 Å². The molecule has 1 aromatic rings. The first-order valence-electron chi connectivity index (χ1n) is 5.38. The highest BCUT2D eigenvalue weighted by Crippen LogP contribution is 2.35. The highest BCUT2D eigenvalue weighted by atomic mass is 19.1. The van der Waals surface area contributed by atoms with Gasteiger partial charge in [0.1, 0.15) is 5.82 Å². The van der Waals surface area contributed by atoms with Gasteiger partial charge in [-0.05, 0) is 24.0 Å². The van der Waals surface area contributed by atoms with E-state index in [4.69, 9.17) is 5.11 Å². The number of para-hydroxylation sites is 1. The number of anilines is 1. The van der Waals surface area contributed by atoms with E-state index in [9.17, 15) is 14.0 Å². The SMILES string of the molecule is O=C(O)CC1CCC(=O)Nc2c(F)cccc21. The first kappa shape index (κ1) is 11.6. The van der Waals surface area contributed by atoms with Crippen molar-refractivity contribution in [1.82, 2.24) is 0 Å². The van der Waals surface area contributed by atoms with Gasteiger partial charge in [0, 0.05) is 6.42 Å². The second kappa shape index (κ2) is 4.53. The molecule has 0 saturated carbocycles. The lowest BCUT2D eigenvalue weighted by Crippen LogP contribution is -2.10. The van der Waals surface area contributed by atoms with E-state index in [2.05, 4.69) is 5.32 Å². The van der Waals surface area contributed by atoms with Gasteiger partial charge in [0.05, 0.1) is 12.1 Å². The molecule has 0 bridgehead atoms. The molecule has 1 unspecified atom stereocenters. The lowest BCUT2D eigenvalue weighted by Gasteiger charge is -2.14. The summed E-state index contributed by atoms with van der Waals surface area (Å²) in [7, 11) is 0. The summed E-state index contributed by atoms with van der Waals surface area (Å²) >= 11 is 0. The van der Waals surface area contributed by atoms with Crippen LogP contribution in [0.1, 0.15) is 30.7 Å². The average Bonchev–Trinajstić information content (AvgIpc) is 2.40. The molecule has 1 aliphatic rings. The Balaban J connectivity index is 2.42. The quantitative estimate of drug-likeness (QED) is 0.827. The summed E-state index contributed by atoms with van der Waals surface area (Å²) in [6, 6.07) is 4.44. The van der Waals surface area contributed by atoms with Gasteiger partial charge in [-0.3, -0.25) is 9.59 Å². The molecule has 1 amide bonds. The van der Waals surface area contributed by atoms with Crippen LogP contribution in [0.3, 0.4) is 0 Å². The molecule has 17 heavy (non-hydrogen) atoms. The van der Waals surface area contributed by atoms with Crippen LogP contribution in [0.4, 0.5) is 10.1 Å². The van der Waals surface area contributed by atoms with E-state index in [1.807, 2.05) is 0 Å². The first-order chi connectivity index (χ1) is 8.08. The monoisotopic (exact) mass is 237 g/mol. The van der Waals surface area contributed by atoms with Crippen molar-refractivity contribution in [2.45, 2.75) is 25.2 Å². The Kier molecular flexibility index (Phi) is 3.08. The topological polar surface area (TPSA) is 66.4 Å². The molecule has 1 atom stereocenters. The summed E-state index contributed by atoms with van der Waals surface area (Å²) in [4.78, 5) is 22.2. The molecule has 1 aliphatic heterocycles. The number of fused-ring (bicyclic) bond motifs is 1. The number of hydrogen-bond donors (Lipinski definition) is 2. The zero-order chi connectivity index (χ0) is 12.4. The van der Waals surface area contributed by atoms with Crippen molar-refractivity contribution in [1.29, 1.82) is 0 Å². The van der Waals surface area contributed by atoms with Crippen LogP contribution in [0.25, 0.3) is 0 Å². The molecule has 2 N–H and O–H groups in total. The van der Waals surface area contributed by atoms with E-state index >= 15 is 0 Å². The number of carboxylic acids is 1. The van der Waals surface area contributed by atoms with Gasteiger partial charge in [-0.25, -0.2) is 4.39 Å². The van der Waals surface area contributed by atoms with Gasteiger partial charge in [0.25, 0.3) is 0 Å². The van der Waals surface area contributed by atoms with Crippen LogP contribution in [0.2, 0.25) is 0 Å². The summed E-state index contributed by atoms with van der Waals surface area (Å²) in [5, 5.41) is 11.3. The number of benzene rings is 1. The van der Waals surface area contributed by atoms with Crippen molar-refractivity contribution in [3.05, 3.63) is 29.6 Å². The third kappa shape index (κ3) is 2.43. The Hall–Kier alpha value is -1.91. The fourth-order valence-corrected chi connectivity index (χ4v) is 2.10. The number of aliphatic carboxylic acids is 1. The molecule has 0 radical (unpaired) electrons. The number of carbonyl (C=O) groups excluding carboxylic acids is 1. The standard InChI is InChI=1S/C12H12FNO3/c13-9-3-1-2-8-7(6-11(16)17)4-5-10(15)14-12(8)9/h1-3,7H,4-6H2,(H,14,15)(H,16,17). The Morgan fingerprint density at radius 1 is 1.53 bits per heavy atom. The second-order valence-electron chi connectivity index (χ2n) is 4.09. The van der Waals surface area contributed by atoms with Gasteiger partial charge in [0.2, 0.25) is 5.91 Å². The molecule has 1 heterocycles. The van der Waals surface area contributed by atoms with Crippen LogP contribution in [0.5, 0.6) is 0 Å². The summed E-state index contributed by atoms with van der Waals surface area (Å²) in [6.07, 6.45) is 0.548. The van der Waals surface area contributed by atoms with Crippen molar-refractivity contribution in [3.63, 3.8) is 0 Å². The number of rotatable bonds is 2. The van der Waals surface area contributed by atoms with Crippen LogP contribution in [0, 0.1) is 5.82 Å².